The Morgan fingerprint density at radius 3 is 2.44 bits per heavy atom. The molecule has 0 atom stereocenters. The van der Waals surface area contributed by atoms with Crippen LogP contribution < -0.4 is 14.4 Å². The molecule has 0 aliphatic rings. The van der Waals surface area contributed by atoms with E-state index < -0.39 is 0 Å². The van der Waals surface area contributed by atoms with E-state index in [9.17, 15) is 4.79 Å². The van der Waals surface area contributed by atoms with Crippen LogP contribution in [0.1, 0.15) is 19.8 Å². The van der Waals surface area contributed by atoms with Crippen LogP contribution in [-0.2, 0) is 4.79 Å². The molecule has 0 aliphatic heterocycles. The first-order valence-electron chi connectivity index (χ1n) is 6.01. The Bertz CT molecular complexity index is 404. The molecular weight excluding hydrogens is 230 g/mol. The number of carbonyl (C=O) groups excluding carboxylic acids is 1. The second kappa shape index (κ2) is 6.89. The summed E-state index contributed by atoms with van der Waals surface area (Å²) >= 11 is 0. The molecule has 0 saturated heterocycles. The van der Waals surface area contributed by atoms with E-state index >= 15 is 0 Å². The van der Waals surface area contributed by atoms with E-state index in [1.54, 1.807) is 21.1 Å². The quantitative estimate of drug-likeness (QED) is 0.746. The van der Waals surface area contributed by atoms with Crippen molar-refractivity contribution in [2.24, 2.45) is 0 Å². The van der Waals surface area contributed by atoms with Gasteiger partial charge in [-0.05, 0) is 25.5 Å². The van der Waals surface area contributed by atoms with Crippen molar-refractivity contribution in [3.8, 4) is 11.5 Å². The second-order valence-corrected chi connectivity index (χ2v) is 4.27. The molecular formula is C14H21NO3. The first-order valence-corrected chi connectivity index (χ1v) is 6.01. The Morgan fingerprint density at radius 1 is 1.22 bits per heavy atom. The van der Waals surface area contributed by atoms with Gasteiger partial charge in [0.05, 0.1) is 14.2 Å². The van der Waals surface area contributed by atoms with E-state index in [1.807, 2.05) is 25.2 Å². The standard InChI is InChI=1S/C14H21NO3/c1-11(16)6-5-9-15(2)12-7-8-13(17-3)14(10-12)18-4/h7-8,10H,5-6,9H2,1-4H3. The van der Waals surface area contributed by atoms with Gasteiger partial charge in [0.2, 0.25) is 0 Å². The summed E-state index contributed by atoms with van der Waals surface area (Å²) < 4.78 is 10.5. The molecule has 0 heterocycles. The van der Waals surface area contributed by atoms with Crippen molar-refractivity contribution in [1.29, 1.82) is 0 Å². The van der Waals surface area contributed by atoms with Crippen molar-refractivity contribution < 1.29 is 14.3 Å². The first kappa shape index (κ1) is 14.4. The van der Waals surface area contributed by atoms with E-state index in [0.717, 1.165) is 24.4 Å². The molecule has 1 aromatic rings. The average Bonchev–Trinajstić information content (AvgIpc) is 2.37. The maximum atomic E-state index is 10.9. The summed E-state index contributed by atoms with van der Waals surface area (Å²) in [5.74, 6) is 1.67. The molecule has 0 saturated carbocycles. The summed E-state index contributed by atoms with van der Waals surface area (Å²) in [5.41, 5.74) is 1.05. The Labute approximate surface area is 108 Å². The summed E-state index contributed by atoms with van der Waals surface area (Å²) in [4.78, 5) is 13.0. The second-order valence-electron chi connectivity index (χ2n) is 4.27. The minimum absolute atomic E-state index is 0.232. The number of hydrogen-bond donors (Lipinski definition) is 0. The highest BCUT2D eigenvalue weighted by Gasteiger charge is 2.07. The van der Waals surface area contributed by atoms with Crippen molar-refractivity contribution in [3.05, 3.63) is 18.2 Å². The molecule has 0 unspecified atom stereocenters. The molecule has 0 fully saturated rings. The molecule has 18 heavy (non-hydrogen) atoms. The van der Waals surface area contributed by atoms with Gasteiger partial charge in [-0.25, -0.2) is 0 Å². The SMILES string of the molecule is COc1ccc(N(C)CCCC(C)=O)cc1OC. The Morgan fingerprint density at radius 2 is 1.89 bits per heavy atom. The molecule has 0 spiro atoms. The highest BCUT2D eigenvalue weighted by Crippen LogP contribution is 2.31. The molecule has 0 aromatic heterocycles. The Kier molecular flexibility index (Phi) is 5.49. The Balaban J connectivity index is 2.67. The molecule has 1 aromatic carbocycles. The topological polar surface area (TPSA) is 38.8 Å². The number of benzene rings is 1. The van der Waals surface area contributed by atoms with Crippen LogP contribution in [0, 0.1) is 0 Å². The zero-order valence-corrected chi connectivity index (χ0v) is 11.5. The van der Waals surface area contributed by atoms with Crippen LogP contribution in [0.25, 0.3) is 0 Å². The number of carbonyl (C=O) groups is 1. The molecule has 1 rings (SSSR count). The molecule has 0 bridgehead atoms. The zero-order valence-electron chi connectivity index (χ0n) is 11.5. The van der Waals surface area contributed by atoms with Gasteiger partial charge in [-0.1, -0.05) is 0 Å². The average molecular weight is 251 g/mol. The van der Waals surface area contributed by atoms with Crippen molar-refractivity contribution in [3.63, 3.8) is 0 Å². The highest BCUT2D eigenvalue weighted by molar-refractivity contribution is 5.75. The van der Waals surface area contributed by atoms with Crippen LogP contribution in [0.15, 0.2) is 18.2 Å². The van der Waals surface area contributed by atoms with E-state index in [2.05, 4.69) is 4.90 Å². The third kappa shape index (κ3) is 3.95. The van der Waals surface area contributed by atoms with Crippen molar-refractivity contribution in [2.45, 2.75) is 19.8 Å². The molecule has 0 aliphatic carbocycles. The third-order valence-corrected chi connectivity index (χ3v) is 2.83. The predicted molar refractivity (Wildman–Crippen MR) is 72.7 cm³/mol. The lowest BCUT2D eigenvalue weighted by molar-refractivity contribution is -0.117. The maximum Gasteiger partial charge on any atom is 0.162 e. The van der Waals surface area contributed by atoms with Gasteiger partial charge in [0.25, 0.3) is 0 Å². The largest absolute Gasteiger partial charge is 0.493 e. The van der Waals surface area contributed by atoms with E-state index in [-0.39, 0.29) is 5.78 Å². The smallest absolute Gasteiger partial charge is 0.162 e. The van der Waals surface area contributed by atoms with Crippen LogP contribution in [0.3, 0.4) is 0 Å². The lowest BCUT2D eigenvalue weighted by Gasteiger charge is -2.20. The van der Waals surface area contributed by atoms with Crippen molar-refractivity contribution >= 4 is 11.5 Å². The van der Waals surface area contributed by atoms with Crippen molar-refractivity contribution in [2.75, 3.05) is 32.7 Å². The van der Waals surface area contributed by atoms with Crippen LogP contribution in [0.4, 0.5) is 5.69 Å². The monoisotopic (exact) mass is 251 g/mol. The molecule has 4 nitrogen and oxygen atoms in total. The summed E-state index contributed by atoms with van der Waals surface area (Å²) in [7, 11) is 5.24. The molecule has 0 amide bonds. The summed E-state index contributed by atoms with van der Waals surface area (Å²) in [6.45, 7) is 2.46. The Hall–Kier alpha value is -1.71. The van der Waals surface area contributed by atoms with Gasteiger partial charge in [-0.3, -0.25) is 0 Å². The third-order valence-electron chi connectivity index (χ3n) is 2.83. The molecule has 4 heteroatoms. The minimum Gasteiger partial charge on any atom is -0.493 e. The van der Waals surface area contributed by atoms with Gasteiger partial charge in [0.1, 0.15) is 5.78 Å². The highest BCUT2D eigenvalue weighted by atomic mass is 16.5. The molecule has 100 valence electrons. The van der Waals surface area contributed by atoms with Gasteiger partial charge in [-0.2, -0.15) is 0 Å². The minimum atomic E-state index is 0.232. The maximum absolute atomic E-state index is 10.9. The van der Waals surface area contributed by atoms with E-state index in [0.29, 0.717) is 12.2 Å². The fraction of sp³-hybridized carbons (Fsp3) is 0.500. The normalized spacial score (nSPS) is 10.0. The van der Waals surface area contributed by atoms with Gasteiger partial charge in [-0.15, -0.1) is 0 Å². The number of ketones is 1. The number of ether oxygens (including phenoxy) is 2. The summed E-state index contributed by atoms with van der Waals surface area (Å²) in [6.07, 6.45) is 1.48. The lowest BCUT2D eigenvalue weighted by Crippen LogP contribution is -2.19. The van der Waals surface area contributed by atoms with Crippen LogP contribution in [0.5, 0.6) is 11.5 Å². The number of anilines is 1. The van der Waals surface area contributed by atoms with Gasteiger partial charge in [0, 0.05) is 31.8 Å². The number of Topliss-reactive ketones (excluding diaryl/α,β-unsaturated/α-hetero) is 1. The van der Waals surface area contributed by atoms with E-state index in [1.165, 1.54) is 0 Å². The van der Waals surface area contributed by atoms with Gasteiger partial charge in [0.15, 0.2) is 11.5 Å². The molecule has 0 N–H and O–H groups in total. The summed E-state index contributed by atoms with van der Waals surface area (Å²) in [6, 6.07) is 5.80. The fourth-order valence-electron chi connectivity index (χ4n) is 1.76. The zero-order chi connectivity index (χ0) is 13.5. The molecule has 0 radical (unpaired) electrons. The van der Waals surface area contributed by atoms with Crippen LogP contribution in [0.2, 0.25) is 0 Å². The van der Waals surface area contributed by atoms with Crippen molar-refractivity contribution in [1.82, 2.24) is 0 Å². The number of rotatable bonds is 7. The number of methoxy groups -OCH3 is 2. The van der Waals surface area contributed by atoms with E-state index in [4.69, 9.17) is 9.47 Å². The number of nitrogens with zero attached hydrogens (tertiary/aromatic N) is 1. The first-order chi connectivity index (χ1) is 8.58. The predicted octanol–water partition coefficient (Wildman–Crippen LogP) is 2.51. The van der Waals surface area contributed by atoms with Gasteiger partial charge >= 0.3 is 0 Å². The van der Waals surface area contributed by atoms with Gasteiger partial charge < -0.3 is 19.2 Å². The number of hydrogen-bond acceptors (Lipinski definition) is 4. The fourth-order valence-corrected chi connectivity index (χ4v) is 1.76. The van der Waals surface area contributed by atoms with Crippen LogP contribution >= 0.6 is 0 Å². The lowest BCUT2D eigenvalue weighted by atomic mass is 10.2. The summed E-state index contributed by atoms with van der Waals surface area (Å²) in [5, 5.41) is 0. The van der Waals surface area contributed by atoms with Crippen LogP contribution in [-0.4, -0.2) is 33.6 Å².